The Balaban J connectivity index is 2.92. The summed E-state index contributed by atoms with van der Waals surface area (Å²) in [5, 5.41) is 0. The van der Waals surface area contributed by atoms with Gasteiger partial charge in [-0.2, -0.15) is 0 Å². The van der Waals surface area contributed by atoms with Gasteiger partial charge in [0.25, 0.3) is 11.5 Å². The van der Waals surface area contributed by atoms with E-state index in [-0.39, 0.29) is 17.4 Å². The Labute approximate surface area is 118 Å². The first-order chi connectivity index (χ1) is 8.86. The van der Waals surface area contributed by atoms with Crippen LogP contribution in [-0.4, -0.2) is 33.5 Å². The van der Waals surface area contributed by atoms with Gasteiger partial charge in [0.2, 0.25) is 0 Å². The van der Waals surface area contributed by atoms with Gasteiger partial charge >= 0.3 is 0 Å². The molecule has 1 amide bonds. The molecule has 0 aliphatic heterocycles. The van der Waals surface area contributed by atoms with Crippen LogP contribution in [0.25, 0.3) is 0 Å². The van der Waals surface area contributed by atoms with Gasteiger partial charge in [-0.25, -0.2) is 0 Å². The maximum atomic E-state index is 12.3. The van der Waals surface area contributed by atoms with Crippen molar-refractivity contribution < 1.29 is 4.79 Å². The molecule has 0 saturated carbocycles. The molecule has 0 spiro atoms. The van der Waals surface area contributed by atoms with Crippen molar-refractivity contribution >= 4 is 23.1 Å². The van der Waals surface area contributed by atoms with E-state index >= 15 is 0 Å². The predicted octanol–water partition coefficient (Wildman–Crippen LogP) is 0.770. The van der Waals surface area contributed by atoms with Crippen LogP contribution in [0.5, 0.6) is 0 Å². The molecule has 2 N–H and O–H groups in total. The largest absolute Gasteiger partial charge is 0.393 e. The molecule has 1 rings (SSSR count). The first-order valence-electron chi connectivity index (χ1n) is 6.12. The minimum atomic E-state index is -0.204. The zero-order valence-corrected chi connectivity index (χ0v) is 12.2. The lowest BCUT2D eigenvalue weighted by Gasteiger charge is -2.24. The van der Waals surface area contributed by atoms with Crippen molar-refractivity contribution in [1.29, 1.82) is 0 Å². The number of aromatic nitrogens is 1. The molecule has 1 aromatic heterocycles. The summed E-state index contributed by atoms with van der Waals surface area (Å²) in [5.74, 6) is -0.228. The van der Waals surface area contributed by atoms with Crippen LogP contribution in [0.15, 0.2) is 23.1 Å². The number of nitrogens with zero attached hydrogens (tertiary/aromatic N) is 2. The number of carbonyl (C=O) groups is 1. The van der Waals surface area contributed by atoms with Gasteiger partial charge in [0.1, 0.15) is 0 Å². The SMILES string of the molecule is CCN(CC(C)C(N)=S)C(=O)c1ccn(C)c(=O)c1. The third-order valence-corrected chi connectivity index (χ3v) is 3.40. The van der Waals surface area contributed by atoms with E-state index in [1.54, 1.807) is 24.2 Å². The molecule has 0 aliphatic carbocycles. The van der Waals surface area contributed by atoms with E-state index in [9.17, 15) is 9.59 Å². The molecule has 0 aromatic carbocycles. The van der Waals surface area contributed by atoms with Gasteiger partial charge in [-0.3, -0.25) is 9.59 Å². The molecule has 6 heteroatoms. The second-order valence-corrected chi connectivity index (χ2v) is 4.98. The van der Waals surface area contributed by atoms with E-state index < -0.39 is 0 Å². The molecule has 1 aromatic rings. The Kier molecular flexibility index (Phi) is 5.23. The third kappa shape index (κ3) is 3.89. The molecule has 19 heavy (non-hydrogen) atoms. The van der Waals surface area contributed by atoms with E-state index in [1.807, 2.05) is 13.8 Å². The number of thiocarbonyl (C=S) groups is 1. The average Bonchev–Trinajstić information content (AvgIpc) is 2.37. The summed E-state index contributed by atoms with van der Waals surface area (Å²) in [6, 6.07) is 2.98. The highest BCUT2D eigenvalue weighted by Gasteiger charge is 2.18. The Hall–Kier alpha value is -1.69. The molecule has 0 aliphatic rings. The van der Waals surface area contributed by atoms with Crippen molar-refractivity contribution in [2.24, 2.45) is 18.7 Å². The lowest BCUT2D eigenvalue weighted by molar-refractivity contribution is 0.0754. The Bertz CT molecular complexity index is 539. The molecule has 0 saturated heterocycles. The molecule has 1 atom stereocenters. The lowest BCUT2D eigenvalue weighted by atomic mass is 10.1. The van der Waals surface area contributed by atoms with Crippen molar-refractivity contribution in [3.05, 3.63) is 34.2 Å². The minimum Gasteiger partial charge on any atom is -0.393 e. The van der Waals surface area contributed by atoms with Crippen LogP contribution in [0, 0.1) is 5.92 Å². The number of hydrogen-bond acceptors (Lipinski definition) is 3. The van der Waals surface area contributed by atoms with Crippen LogP contribution < -0.4 is 11.3 Å². The molecule has 104 valence electrons. The second-order valence-electron chi connectivity index (χ2n) is 4.51. The van der Waals surface area contributed by atoms with Gasteiger partial charge in [-0.05, 0) is 13.0 Å². The fourth-order valence-corrected chi connectivity index (χ4v) is 1.71. The van der Waals surface area contributed by atoms with E-state index in [4.69, 9.17) is 18.0 Å². The van der Waals surface area contributed by atoms with Crippen LogP contribution in [0.4, 0.5) is 0 Å². The molecular formula is C13H19N3O2S. The molecule has 1 unspecified atom stereocenters. The van der Waals surface area contributed by atoms with Crippen LogP contribution in [-0.2, 0) is 7.05 Å². The predicted molar refractivity (Wildman–Crippen MR) is 79.2 cm³/mol. The first kappa shape index (κ1) is 15.4. The number of hydrogen-bond donors (Lipinski definition) is 1. The summed E-state index contributed by atoms with van der Waals surface area (Å²) in [6.45, 7) is 4.76. The highest BCUT2D eigenvalue weighted by Crippen LogP contribution is 2.06. The fraction of sp³-hybridized carbons (Fsp3) is 0.462. The van der Waals surface area contributed by atoms with Crippen molar-refractivity contribution in [1.82, 2.24) is 9.47 Å². The van der Waals surface area contributed by atoms with Crippen LogP contribution in [0.2, 0.25) is 0 Å². The number of aryl methyl sites for hydroxylation is 1. The maximum Gasteiger partial charge on any atom is 0.254 e. The Morgan fingerprint density at radius 1 is 1.58 bits per heavy atom. The number of rotatable bonds is 5. The van der Waals surface area contributed by atoms with E-state index in [0.717, 1.165) is 0 Å². The summed E-state index contributed by atoms with van der Waals surface area (Å²) in [4.78, 5) is 25.9. The van der Waals surface area contributed by atoms with Gasteiger partial charge in [0, 0.05) is 43.9 Å². The third-order valence-electron chi connectivity index (χ3n) is 3.00. The van der Waals surface area contributed by atoms with E-state index in [0.29, 0.717) is 23.6 Å². The molecular weight excluding hydrogens is 262 g/mol. The average molecular weight is 281 g/mol. The normalized spacial score (nSPS) is 11.9. The number of pyridine rings is 1. The first-order valence-corrected chi connectivity index (χ1v) is 6.53. The van der Waals surface area contributed by atoms with Gasteiger partial charge in [0.15, 0.2) is 0 Å². The number of carbonyl (C=O) groups excluding carboxylic acids is 1. The van der Waals surface area contributed by atoms with Crippen molar-refractivity contribution in [2.45, 2.75) is 13.8 Å². The maximum absolute atomic E-state index is 12.3. The number of amides is 1. The van der Waals surface area contributed by atoms with Gasteiger partial charge in [-0.1, -0.05) is 19.1 Å². The number of nitrogens with two attached hydrogens (primary N) is 1. The molecule has 0 fully saturated rings. The Morgan fingerprint density at radius 2 is 2.21 bits per heavy atom. The van der Waals surface area contributed by atoms with Gasteiger partial charge < -0.3 is 15.2 Å². The molecule has 0 bridgehead atoms. The van der Waals surface area contributed by atoms with E-state index in [2.05, 4.69) is 0 Å². The minimum absolute atomic E-state index is 0.0505. The smallest absolute Gasteiger partial charge is 0.254 e. The Morgan fingerprint density at radius 3 is 2.68 bits per heavy atom. The van der Waals surface area contributed by atoms with Crippen molar-refractivity contribution in [2.75, 3.05) is 13.1 Å². The zero-order chi connectivity index (χ0) is 14.6. The van der Waals surface area contributed by atoms with Crippen molar-refractivity contribution in [3.8, 4) is 0 Å². The molecule has 0 radical (unpaired) electrons. The van der Waals surface area contributed by atoms with E-state index in [1.165, 1.54) is 10.6 Å². The van der Waals surface area contributed by atoms with Crippen molar-refractivity contribution in [3.63, 3.8) is 0 Å². The van der Waals surface area contributed by atoms with Gasteiger partial charge in [-0.15, -0.1) is 0 Å². The lowest BCUT2D eigenvalue weighted by Crippen LogP contribution is -2.38. The summed E-state index contributed by atoms with van der Waals surface area (Å²) in [5.41, 5.74) is 5.75. The highest BCUT2D eigenvalue weighted by atomic mass is 32.1. The molecule has 5 nitrogen and oxygen atoms in total. The van der Waals surface area contributed by atoms with Gasteiger partial charge in [0.05, 0.1) is 4.99 Å². The standard InChI is InChI=1S/C13H19N3O2S/c1-4-16(8-9(2)12(14)19)13(18)10-5-6-15(3)11(17)7-10/h5-7,9H,4,8H2,1-3H3,(H2,14,19). The van der Waals surface area contributed by atoms with Crippen LogP contribution in [0.3, 0.4) is 0 Å². The zero-order valence-electron chi connectivity index (χ0n) is 11.4. The topological polar surface area (TPSA) is 68.3 Å². The highest BCUT2D eigenvalue weighted by molar-refractivity contribution is 7.80. The summed E-state index contributed by atoms with van der Waals surface area (Å²) >= 11 is 4.91. The quantitative estimate of drug-likeness (QED) is 0.810. The monoisotopic (exact) mass is 281 g/mol. The second kappa shape index (κ2) is 6.47. The van der Waals surface area contributed by atoms with Crippen LogP contribution in [0.1, 0.15) is 24.2 Å². The van der Waals surface area contributed by atoms with Crippen LogP contribution >= 0.6 is 12.2 Å². The fourth-order valence-electron chi connectivity index (χ4n) is 1.64. The molecule has 1 heterocycles. The summed E-state index contributed by atoms with van der Waals surface area (Å²) in [6.07, 6.45) is 1.58. The summed E-state index contributed by atoms with van der Waals surface area (Å²) in [7, 11) is 1.64. The summed E-state index contributed by atoms with van der Waals surface area (Å²) < 4.78 is 1.42.